The lowest BCUT2D eigenvalue weighted by Gasteiger charge is -2.42. The number of benzene rings is 1. The van der Waals surface area contributed by atoms with Gasteiger partial charge in [0.25, 0.3) is 0 Å². The van der Waals surface area contributed by atoms with E-state index in [1.54, 1.807) is 14.2 Å². The Hall–Kier alpha value is -2.28. The highest BCUT2D eigenvalue weighted by Gasteiger charge is 2.36. The number of ether oxygens (including phenoxy) is 2. The van der Waals surface area contributed by atoms with Gasteiger partial charge in [-0.2, -0.15) is 0 Å². The van der Waals surface area contributed by atoms with Gasteiger partial charge in [-0.15, -0.1) is 0 Å². The lowest BCUT2D eigenvalue weighted by atomic mass is 9.67. The molecule has 3 N–H and O–H groups in total. The molecule has 1 aromatic carbocycles. The summed E-state index contributed by atoms with van der Waals surface area (Å²) in [5.41, 5.74) is 1.32. The molecule has 1 saturated carbocycles. The average Bonchev–Trinajstić information content (AvgIpc) is 2.69. The first-order chi connectivity index (χ1) is 13.6. The highest BCUT2D eigenvalue weighted by atomic mass is 16.5. The van der Waals surface area contributed by atoms with Crippen LogP contribution in [0.4, 0.5) is 0 Å². The highest BCUT2D eigenvalue weighted by molar-refractivity contribution is 5.84. The molecular weight excluding hydrogens is 356 g/mol. The molecule has 28 heavy (non-hydrogen) atoms. The average molecular weight is 391 g/mol. The summed E-state index contributed by atoms with van der Waals surface area (Å²) in [5.74, 6) is 1.38. The molecule has 1 amide bonds. The van der Waals surface area contributed by atoms with Crippen LogP contribution >= 0.6 is 0 Å². The van der Waals surface area contributed by atoms with Gasteiger partial charge in [-0.25, -0.2) is 4.99 Å². The second-order valence-electron chi connectivity index (χ2n) is 7.27. The molecule has 1 fully saturated rings. The van der Waals surface area contributed by atoms with Gasteiger partial charge in [0, 0.05) is 33.4 Å². The third kappa shape index (κ3) is 7.03. The number of carbonyl (C=O) groups is 1. The Morgan fingerprint density at radius 1 is 1.14 bits per heavy atom. The van der Waals surface area contributed by atoms with E-state index in [9.17, 15) is 4.79 Å². The van der Waals surface area contributed by atoms with Crippen LogP contribution in [0.25, 0.3) is 0 Å². The van der Waals surface area contributed by atoms with E-state index in [4.69, 9.17) is 9.47 Å². The molecule has 0 unspecified atom stereocenters. The zero-order chi connectivity index (χ0) is 20.2. The zero-order valence-electron chi connectivity index (χ0n) is 17.3. The van der Waals surface area contributed by atoms with E-state index in [2.05, 4.69) is 20.9 Å². The smallest absolute Gasteiger partial charge is 0.242 e. The minimum Gasteiger partial charge on any atom is -0.497 e. The first kappa shape index (κ1) is 22.0. The number of guanidine groups is 1. The number of nitrogens with one attached hydrogen (secondary N) is 3. The minimum absolute atomic E-state index is 0.0938. The summed E-state index contributed by atoms with van der Waals surface area (Å²) in [6.07, 6.45) is 4.75. The van der Waals surface area contributed by atoms with Gasteiger partial charge >= 0.3 is 0 Å². The molecule has 1 aliphatic rings. The normalized spacial score (nSPS) is 15.5. The number of hydrogen-bond donors (Lipinski definition) is 3. The van der Waals surface area contributed by atoms with Gasteiger partial charge in [-0.1, -0.05) is 18.6 Å². The fourth-order valence-electron chi connectivity index (χ4n) is 3.27. The Kier molecular flexibility index (Phi) is 9.07. The van der Waals surface area contributed by atoms with Gasteiger partial charge < -0.3 is 25.4 Å². The molecule has 2 rings (SSSR count). The second kappa shape index (κ2) is 11.5. The SMILES string of the molecule is CCNC(=NCC(=O)NCc1ccc(OC)cc1)NCC1(CCOC)CCC1. The number of nitrogens with zero attached hydrogens (tertiary/aromatic N) is 1. The largest absolute Gasteiger partial charge is 0.497 e. The number of hydrogen-bond acceptors (Lipinski definition) is 4. The third-order valence-corrected chi connectivity index (χ3v) is 5.26. The predicted octanol–water partition coefficient (Wildman–Crippen LogP) is 2.07. The van der Waals surface area contributed by atoms with Gasteiger partial charge in [-0.05, 0) is 49.3 Å². The second-order valence-corrected chi connectivity index (χ2v) is 7.27. The van der Waals surface area contributed by atoms with Gasteiger partial charge in [0.15, 0.2) is 5.96 Å². The Morgan fingerprint density at radius 2 is 1.89 bits per heavy atom. The predicted molar refractivity (Wildman–Crippen MR) is 112 cm³/mol. The lowest BCUT2D eigenvalue weighted by molar-refractivity contribution is -0.119. The molecule has 7 heteroatoms. The fraction of sp³-hybridized carbons (Fsp3) is 0.619. The molecule has 0 aromatic heterocycles. The van der Waals surface area contributed by atoms with E-state index in [1.165, 1.54) is 19.3 Å². The van der Waals surface area contributed by atoms with Gasteiger partial charge in [-0.3, -0.25) is 4.79 Å². The molecule has 0 bridgehead atoms. The van der Waals surface area contributed by atoms with Crippen LogP contribution in [0.1, 0.15) is 38.2 Å². The summed E-state index contributed by atoms with van der Waals surface area (Å²) in [6, 6.07) is 7.64. The number of methoxy groups -OCH3 is 2. The molecule has 0 heterocycles. The topological polar surface area (TPSA) is 84.0 Å². The van der Waals surface area contributed by atoms with E-state index in [-0.39, 0.29) is 12.5 Å². The van der Waals surface area contributed by atoms with Crippen molar-refractivity contribution in [3.8, 4) is 5.75 Å². The summed E-state index contributed by atoms with van der Waals surface area (Å²) >= 11 is 0. The summed E-state index contributed by atoms with van der Waals surface area (Å²) < 4.78 is 10.4. The summed E-state index contributed by atoms with van der Waals surface area (Å²) in [7, 11) is 3.38. The molecule has 0 saturated heterocycles. The Bertz CT molecular complexity index is 627. The quantitative estimate of drug-likeness (QED) is 0.398. The monoisotopic (exact) mass is 390 g/mol. The van der Waals surface area contributed by atoms with E-state index < -0.39 is 0 Å². The standard InChI is InChI=1S/C21H34N4O3/c1-4-22-20(25-16-21(10-5-11-21)12-13-27-2)24-15-19(26)23-14-17-6-8-18(28-3)9-7-17/h6-9H,4-5,10-16H2,1-3H3,(H,23,26)(H2,22,24,25). The van der Waals surface area contributed by atoms with E-state index >= 15 is 0 Å². The molecule has 0 radical (unpaired) electrons. The van der Waals surface area contributed by atoms with Crippen LogP contribution in [0, 0.1) is 5.41 Å². The van der Waals surface area contributed by atoms with Crippen LogP contribution < -0.4 is 20.7 Å². The van der Waals surface area contributed by atoms with E-state index in [0.717, 1.165) is 37.4 Å². The van der Waals surface area contributed by atoms with Crippen molar-refractivity contribution >= 4 is 11.9 Å². The molecule has 1 aliphatic carbocycles. The molecular formula is C21H34N4O3. The van der Waals surface area contributed by atoms with E-state index in [0.29, 0.717) is 17.9 Å². The van der Waals surface area contributed by atoms with Crippen molar-refractivity contribution in [1.82, 2.24) is 16.0 Å². The fourth-order valence-corrected chi connectivity index (χ4v) is 3.27. The minimum atomic E-state index is -0.106. The van der Waals surface area contributed by atoms with Crippen LogP contribution in [0.15, 0.2) is 29.3 Å². The number of aliphatic imine (C=N–C) groups is 1. The van der Waals surface area contributed by atoms with Crippen molar-refractivity contribution in [1.29, 1.82) is 0 Å². The van der Waals surface area contributed by atoms with Crippen LogP contribution in [-0.4, -0.2) is 52.3 Å². The van der Waals surface area contributed by atoms with Gasteiger partial charge in [0.2, 0.25) is 5.91 Å². The molecule has 0 atom stereocenters. The number of carbonyl (C=O) groups excluding carboxylic acids is 1. The van der Waals surface area contributed by atoms with Crippen LogP contribution in [0.2, 0.25) is 0 Å². The first-order valence-corrected chi connectivity index (χ1v) is 10.0. The molecule has 1 aromatic rings. The van der Waals surface area contributed by atoms with Crippen molar-refractivity contribution in [3.05, 3.63) is 29.8 Å². The third-order valence-electron chi connectivity index (χ3n) is 5.26. The molecule has 7 nitrogen and oxygen atoms in total. The Labute approximate surface area is 168 Å². The molecule has 156 valence electrons. The van der Waals surface area contributed by atoms with Crippen molar-refractivity contribution in [3.63, 3.8) is 0 Å². The Balaban J connectivity index is 1.79. The van der Waals surface area contributed by atoms with Crippen molar-refractivity contribution < 1.29 is 14.3 Å². The van der Waals surface area contributed by atoms with Crippen LogP contribution in [0.3, 0.4) is 0 Å². The number of rotatable bonds is 11. The first-order valence-electron chi connectivity index (χ1n) is 10.0. The van der Waals surface area contributed by atoms with E-state index in [1.807, 2.05) is 31.2 Å². The Morgan fingerprint density at radius 3 is 2.46 bits per heavy atom. The molecule has 0 spiro atoms. The summed E-state index contributed by atoms with van der Waals surface area (Å²) in [4.78, 5) is 16.6. The van der Waals surface area contributed by atoms with Crippen LogP contribution in [-0.2, 0) is 16.1 Å². The lowest BCUT2D eigenvalue weighted by Crippen LogP contribution is -2.47. The van der Waals surface area contributed by atoms with Gasteiger partial charge in [0.05, 0.1) is 7.11 Å². The maximum absolute atomic E-state index is 12.1. The zero-order valence-corrected chi connectivity index (χ0v) is 17.3. The van der Waals surface area contributed by atoms with Gasteiger partial charge in [0.1, 0.15) is 12.3 Å². The summed E-state index contributed by atoms with van der Waals surface area (Å²) in [6.45, 7) is 4.98. The maximum Gasteiger partial charge on any atom is 0.242 e. The highest BCUT2D eigenvalue weighted by Crippen LogP contribution is 2.43. The molecule has 0 aliphatic heterocycles. The van der Waals surface area contributed by atoms with Crippen molar-refractivity contribution in [2.75, 3.05) is 40.5 Å². The van der Waals surface area contributed by atoms with Crippen molar-refractivity contribution in [2.24, 2.45) is 10.4 Å². The van der Waals surface area contributed by atoms with Crippen LogP contribution in [0.5, 0.6) is 5.75 Å². The van der Waals surface area contributed by atoms with Crippen molar-refractivity contribution in [2.45, 2.75) is 39.2 Å². The maximum atomic E-state index is 12.1. The number of amides is 1. The summed E-state index contributed by atoms with van der Waals surface area (Å²) in [5, 5.41) is 9.52.